The van der Waals surface area contributed by atoms with Gasteiger partial charge >= 0.3 is 0 Å². The van der Waals surface area contributed by atoms with E-state index in [0.29, 0.717) is 37.5 Å². The van der Waals surface area contributed by atoms with Crippen molar-refractivity contribution in [3.8, 4) is 5.75 Å². The lowest BCUT2D eigenvalue weighted by Gasteiger charge is -2.35. The predicted octanol–water partition coefficient (Wildman–Crippen LogP) is -4.71. The predicted molar refractivity (Wildman–Crippen MR) is 152 cm³/mol. The van der Waals surface area contributed by atoms with Crippen LogP contribution < -0.4 is 26.4 Å². The van der Waals surface area contributed by atoms with Crippen molar-refractivity contribution in [3.05, 3.63) is 46.5 Å². The molecule has 2 fully saturated rings. The third kappa shape index (κ3) is 4.64. The summed E-state index contributed by atoms with van der Waals surface area (Å²) in [4.78, 5) is 52.9. The highest BCUT2D eigenvalue weighted by Crippen LogP contribution is 2.34. The molecule has 0 radical (unpaired) electrons. The van der Waals surface area contributed by atoms with Gasteiger partial charge in [0.05, 0.1) is 13.2 Å². The summed E-state index contributed by atoms with van der Waals surface area (Å²) in [6.45, 7) is 1.83. The van der Waals surface area contributed by atoms with Crippen LogP contribution in [0.2, 0.25) is 0 Å². The number of hydrogen-bond donors (Lipinski definition) is 1. The van der Waals surface area contributed by atoms with Crippen molar-refractivity contribution in [1.29, 1.82) is 0 Å². The molecule has 4 amide bonds. The summed E-state index contributed by atoms with van der Waals surface area (Å²) < 4.78 is 11.6. The number of piperidine rings is 1. The third-order valence-electron chi connectivity index (χ3n) is 8.09. The normalized spacial score (nSPS) is 20.4. The molecule has 192 valence electrons. The number of nitrogens with one attached hydrogen (secondary N) is 1. The molecule has 0 aliphatic carbocycles. The second kappa shape index (κ2) is 10.4. The van der Waals surface area contributed by atoms with E-state index in [1.807, 2.05) is 11.0 Å². The first-order chi connectivity index (χ1) is 18.2. The Balaban J connectivity index is 1.35. The fourth-order valence-electron chi connectivity index (χ4n) is 5.92. The van der Waals surface area contributed by atoms with Gasteiger partial charge in [0.2, 0.25) is 17.7 Å². The zero-order valence-corrected chi connectivity index (χ0v) is 22.3. The van der Waals surface area contributed by atoms with Crippen molar-refractivity contribution in [2.75, 3.05) is 19.8 Å². The van der Waals surface area contributed by atoms with Gasteiger partial charge in [0.1, 0.15) is 56.4 Å². The van der Waals surface area contributed by atoms with Gasteiger partial charge in [-0.3, -0.25) is 24.5 Å². The zero-order valence-electron chi connectivity index (χ0n) is 22.3. The van der Waals surface area contributed by atoms with Crippen LogP contribution in [0.4, 0.5) is 0 Å². The van der Waals surface area contributed by atoms with E-state index in [9.17, 15) is 19.2 Å². The first kappa shape index (κ1) is 26.2. The van der Waals surface area contributed by atoms with E-state index in [0.717, 1.165) is 33.1 Å². The minimum atomic E-state index is -0.666. The number of nitrogens with zero attached hydrogens (tertiary/aromatic N) is 2. The average Bonchev–Trinajstić information content (AvgIpc) is 3.22. The molecule has 3 aliphatic rings. The second-order valence-corrected chi connectivity index (χ2v) is 10.3. The van der Waals surface area contributed by atoms with Crippen molar-refractivity contribution >= 4 is 71.4 Å². The van der Waals surface area contributed by atoms with E-state index in [1.165, 1.54) is 4.90 Å². The largest absolute Gasteiger partial charge is 0.489 e. The Morgan fingerprint density at radius 2 is 1.92 bits per heavy atom. The Morgan fingerprint density at radius 1 is 1.13 bits per heavy atom. The van der Waals surface area contributed by atoms with Gasteiger partial charge in [-0.1, -0.05) is 28.5 Å². The number of carbonyl (C=O) groups is 4. The molecule has 0 bridgehead atoms. The van der Waals surface area contributed by atoms with Gasteiger partial charge in [-0.2, -0.15) is 0 Å². The van der Waals surface area contributed by atoms with Crippen LogP contribution in [0.3, 0.4) is 0 Å². The molecule has 9 nitrogen and oxygen atoms in total. The van der Waals surface area contributed by atoms with Crippen molar-refractivity contribution in [3.63, 3.8) is 0 Å². The lowest BCUT2D eigenvalue weighted by atomic mass is 9.66. The number of morpholine rings is 1. The van der Waals surface area contributed by atoms with Crippen LogP contribution in [0.5, 0.6) is 5.75 Å². The summed E-state index contributed by atoms with van der Waals surface area (Å²) in [5.74, 6) is -0.402. The molecule has 38 heavy (non-hydrogen) atoms. The smallest absolute Gasteiger partial charge is 0.255 e. The Kier molecular flexibility index (Phi) is 7.13. The van der Waals surface area contributed by atoms with Crippen molar-refractivity contribution in [2.24, 2.45) is 0 Å². The Hall–Kier alpha value is -3.46. The minimum Gasteiger partial charge on any atom is -0.489 e. The van der Waals surface area contributed by atoms with Gasteiger partial charge in [-0.05, 0) is 29.7 Å². The van der Waals surface area contributed by atoms with Crippen LogP contribution in [-0.4, -0.2) is 90.6 Å². The number of benzene rings is 2. The number of hydrogen-bond acceptors (Lipinski definition) is 6. The molecule has 5 rings (SSSR count). The van der Waals surface area contributed by atoms with E-state index in [4.69, 9.17) is 9.47 Å². The third-order valence-corrected chi connectivity index (χ3v) is 8.09. The molecule has 0 aromatic heterocycles. The van der Waals surface area contributed by atoms with Gasteiger partial charge in [-0.25, -0.2) is 0 Å². The number of amides is 4. The summed E-state index contributed by atoms with van der Waals surface area (Å²) in [6.07, 6.45) is 0.533. The lowest BCUT2D eigenvalue weighted by Crippen LogP contribution is -2.52. The molecule has 2 saturated heterocycles. The summed E-state index contributed by atoms with van der Waals surface area (Å²) in [5, 5.41) is 2.34. The van der Waals surface area contributed by atoms with E-state index in [1.54, 1.807) is 12.1 Å². The average molecular weight is 511 g/mol. The lowest BCUT2D eigenvalue weighted by molar-refractivity contribution is -0.143. The molecule has 0 saturated carbocycles. The number of ether oxygens (including phenoxy) is 2. The van der Waals surface area contributed by atoms with E-state index in [2.05, 4.69) is 42.8 Å². The Labute approximate surface area is 225 Å². The fourth-order valence-corrected chi connectivity index (χ4v) is 5.92. The summed E-state index contributed by atoms with van der Waals surface area (Å²) in [5.41, 5.74) is 6.79. The molecule has 0 spiro atoms. The maximum absolute atomic E-state index is 13.1. The molecule has 13 heteroatoms. The number of carbonyl (C=O) groups excluding carboxylic acids is 4. The molecule has 3 aliphatic heterocycles. The second-order valence-electron chi connectivity index (χ2n) is 10.3. The quantitative estimate of drug-likeness (QED) is 0.309. The van der Waals surface area contributed by atoms with E-state index >= 15 is 0 Å². The van der Waals surface area contributed by atoms with E-state index < -0.39 is 11.9 Å². The molecule has 3 heterocycles. The maximum Gasteiger partial charge on any atom is 0.255 e. The standard InChI is InChI=1S/C25H29B4N3O6/c26-15-8-12(21(27)22(28)20(15)23(29)31-6-7-37-11-19(31)34)10-38-17-3-1-2-13-14(17)9-32(25(13)36)16-4-5-18(33)30-24(16)35/h1-3,8,16,23H,4-7,9-11,26-29H2,(H,30,33,35). The number of fused-ring (bicyclic) bond motifs is 1. The summed E-state index contributed by atoms with van der Waals surface area (Å²) in [6, 6.07) is 6.83. The highest BCUT2D eigenvalue weighted by molar-refractivity contribution is 6.52. The maximum atomic E-state index is 13.1. The number of imide groups is 1. The van der Waals surface area contributed by atoms with Crippen LogP contribution >= 0.6 is 0 Å². The topological polar surface area (TPSA) is 105 Å². The van der Waals surface area contributed by atoms with Gasteiger partial charge in [0.25, 0.3) is 5.91 Å². The number of rotatable bonds is 6. The first-order valence-corrected chi connectivity index (χ1v) is 13.0. The molecule has 2 atom stereocenters. The summed E-state index contributed by atoms with van der Waals surface area (Å²) in [7, 11) is 8.27. The SMILES string of the molecule is Bc1cc(COc2cccc3c2CN(C2CCC(=O)NC2=O)C3=O)c(B)c(B)c1C(B)N1CCOCC1=O. The fraction of sp³-hybridized carbons (Fsp3) is 0.360. The van der Waals surface area contributed by atoms with Crippen molar-refractivity contribution < 1.29 is 28.7 Å². The zero-order chi connectivity index (χ0) is 27.1. The highest BCUT2D eigenvalue weighted by Gasteiger charge is 2.40. The van der Waals surface area contributed by atoms with Crippen LogP contribution in [0.15, 0.2) is 24.3 Å². The van der Waals surface area contributed by atoms with Crippen LogP contribution in [0.1, 0.15) is 45.8 Å². The highest BCUT2D eigenvalue weighted by atomic mass is 16.5. The van der Waals surface area contributed by atoms with Gasteiger partial charge in [0.15, 0.2) is 0 Å². The van der Waals surface area contributed by atoms with Crippen molar-refractivity contribution in [2.45, 2.75) is 38.0 Å². The monoisotopic (exact) mass is 511 g/mol. The molecule has 2 aromatic carbocycles. The van der Waals surface area contributed by atoms with Gasteiger partial charge in [-0.15, -0.1) is 0 Å². The van der Waals surface area contributed by atoms with Crippen LogP contribution in [0, 0.1) is 0 Å². The van der Waals surface area contributed by atoms with Crippen molar-refractivity contribution in [1.82, 2.24) is 15.1 Å². The summed E-state index contributed by atoms with van der Waals surface area (Å²) >= 11 is 0. The molecular weight excluding hydrogens is 482 g/mol. The van der Waals surface area contributed by atoms with Gasteiger partial charge < -0.3 is 19.3 Å². The van der Waals surface area contributed by atoms with Gasteiger partial charge in [0, 0.05) is 30.0 Å². The molecule has 1 N–H and O–H groups in total. The first-order valence-electron chi connectivity index (χ1n) is 13.0. The molecule has 2 unspecified atom stereocenters. The molecular formula is C25H29B4N3O6. The Bertz CT molecular complexity index is 1350. The minimum absolute atomic E-state index is 0.00597. The van der Waals surface area contributed by atoms with Crippen LogP contribution in [-0.2, 0) is 32.3 Å². The molecule has 2 aromatic rings. The van der Waals surface area contributed by atoms with Crippen LogP contribution in [0.25, 0.3) is 0 Å². The Morgan fingerprint density at radius 3 is 2.66 bits per heavy atom. The van der Waals surface area contributed by atoms with E-state index in [-0.39, 0.29) is 43.2 Å².